The second-order valence-corrected chi connectivity index (χ2v) is 3.30. The molecule has 0 amide bonds. The maximum absolute atomic E-state index is 10.7. The first-order valence-electron chi connectivity index (χ1n) is 5.03. The topological polar surface area (TPSA) is 62.4 Å². The van der Waals surface area contributed by atoms with E-state index in [1.165, 1.54) is 6.92 Å². The van der Waals surface area contributed by atoms with E-state index in [9.17, 15) is 4.79 Å². The predicted molar refractivity (Wildman–Crippen MR) is 64.3 cm³/mol. The van der Waals surface area contributed by atoms with Crippen LogP contribution in [0.5, 0.6) is 0 Å². The highest BCUT2D eigenvalue weighted by Gasteiger charge is 2.03. The summed E-state index contributed by atoms with van der Waals surface area (Å²) in [6.45, 7) is 4.90. The van der Waals surface area contributed by atoms with Crippen molar-refractivity contribution in [3.63, 3.8) is 0 Å². The van der Waals surface area contributed by atoms with Gasteiger partial charge in [0.15, 0.2) is 0 Å². The maximum atomic E-state index is 10.7. The Morgan fingerprint density at radius 1 is 1.53 bits per heavy atom. The minimum absolute atomic E-state index is 0.472. The second kappa shape index (κ2) is 6.23. The number of carbonyl (C=O) groups is 1. The molecule has 0 aliphatic carbocycles. The van der Waals surface area contributed by atoms with Crippen LogP contribution in [0.1, 0.15) is 24.5 Å². The van der Waals surface area contributed by atoms with E-state index >= 15 is 0 Å². The number of carbonyl (C=O) groups excluding carboxylic acids is 1. The third-order valence-electron chi connectivity index (χ3n) is 1.97. The smallest absolute Gasteiger partial charge is 0.318 e. The largest absolute Gasteiger partial charge is 0.331 e. The SMILES string of the molecule is C=CC/C(=N\OC(C)=O)c1ccc(C#N)cc1. The summed E-state index contributed by atoms with van der Waals surface area (Å²) in [5.74, 6) is -0.472. The summed E-state index contributed by atoms with van der Waals surface area (Å²) in [5, 5.41) is 12.4. The monoisotopic (exact) mass is 228 g/mol. The van der Waals surface area contributed by atoms with Crippen LogP contribution in [0.2, 0.25) is 0 Å². The predicted octanol–water partition coefficient (Wildman–Crippen LogP) is 2.40. The first kappa shape index (κ1) is 12.7. The van der Waals surface area contributed by atoms with Gasteiger partial charge in [0.25, 0.3) is 0 Å². The van der Waals surface area contributed by atoms with Gasteiger partial charge in [-0.1, -0.05) is 23.4 Å². The highest BCUT2D eigenvalue weighted by atomic mass is 16.7. The highest BCUT2D eigenvalue weighted by Crippen LogP contribution is 2.08. The molecule has 0 N–H and O–H groups in total. The zero-order valence-corrected chi connectivity index (χ0v) is 9.51. The molecule has 0 heterocycles. The van der Waals surface area contributed by atoms with E-state index in [2.05, 4.69) is 16.6 Å². The molecule has 0 bridgehead atoms. The molecule has 0 aliphatic heterocycles. The van der Waals surface area contributed by atoms with Crippen molar-refractivity contribution in [2.24, 2.45) is 5.16 Å². The minimum atomic E-state index is -0.472. The maximum Gasteiger partial charge on any atom is 0.331 e. The summed E-state index contributed by atoms with van der Waals surface area (Å²) >= 11 is 0. The van der Waals surface area contributed by atoms with Gasteiger partial charge >= 0.3 is 5.97 Å². The van der Waals surface area contributed by atoms with Crippen LogP contribution in [0.25, 0.3) is 0 Å². The van der Waals surface area contributed by atoms with Crippen molar-refractivity contribution >= 4 is 11.7 Å². The van der Waals surface area contributed by atoms with Crippen LogP contribution >= 0.6 is 0 Å². The Balaban J connectivity index is 2.97. The van der Waals surface area contributed by atoms with Gasteiger partial charge in [0, 0.05) is 13.3 Å². The minimum Gasteiger partial charge on any atom is -0.318 e. The molecule has 0 fully saturated rings. The summed E-state index contributed by atoms with van der Waals surface area (Å²) in [7, 11) is 0. The Morgan fingerprint density at radius 2 is 2.18 bits per heavy atom. The first-order valence-corrected chi connectivity index (χ1v) is 5.03. The Morgan fingerprint density at radius 3 is 2.65 bits per heavy atom. The molecule has 1 aromatic rings. The molecule has 0 radical (unpaired) electrons. The van der Waals surface area contributed by atoms with Gasteiger partial charge in [-0.2, -0.15) is 5.26 Å². The van der Waals surface area contributed by atoms with E-state index in [0.29, 0.717) is 17.7 Å². The first-order chi connectivity index (χ1) is 8.17. The van der Waals surface area contributed by atoms with Crippen LogP contribution in [0.4, 0.5) is 0 Å². The van der Waals surface area contributed by atoms with Crippen molar-refractivity contribution in [3.8, 4) is 6.07 Å². The highest BCUT2D eigenvalue weighted by molar-refractivity contribution is 6.01. The lowest BCUT2D eigenvalue weighted by Crippen LogP contribution is -2.03. The summed E-state index contributed by atoms with van der Waals surface area (Å²) in [4.78, 5) is 15.3. The lowest BCUT2D eigenvalue weighted by Gasteiger charge is -2.03. The van der Waals surface area contributed by atoms with Crippen molar-refractivity contribution in [1.29, 1.82) is 5.26 Å². The fourth-order valence-corrected chi connectivity index (χ4v) is 1.20. The van der Waals surface area contributed by atoms with Crippen LogP contribution in [0, 0.1) is 11.3 Å². The van der Waals surface area contributed by atoms with Crippen LogP contribution in [-0.4, -0.2) is 11.7 Å². The number of rotatable bonds is 4. The fourth-order valence-electron chi connectivity index (χ4n) is 1.20. The van der Waals surface area contributed by atoms with Gasteiger partial charge in [0.2, 0.25) is 0 Å². The molecular weight excluding hydrogens is 216 g/mol. The van der Waals surface area contributed by atoms with Crippen LogP contribution in [-0.2, 0) is 9.63 Å². The molecule has 0 saturated heterocycles. The van der Waals surface area contributed by atoms with Crippen molar-refractivity contribution in [2.45, 2.75) is 13.3 Å². The molecule has 4 nitrogen and oxygen atoms in total. The van der Waals surface area contributed by atoms with Crippen molar-refractivity contribution in [3.05, 3.63) is 48.0 Å². The summed E-state index contributed by atoms with van der Waals surface area (Å²) in [6, 6.07) is 8.90. The van der Waals surface area contributed by atoms with Crippen LogP contribution in [0.15, 0.2) is 42.1 Å². The quantitative estimate of drug-likeness (QED) is 0.344. The van der Waals surface area contributed by atoms with Crippen molar-refractivity contribution < 1.29 is 9.63 Å². The normalized spacial score (nSPS) is 10.5. The molecule has 0 unspecified atom stereocenters. The molecule has 86 valence electrons. The molecule has 0 atom stereocenters. The average Bonchev–Trinajstić information content (AvgIpc) is 2.34. The van der Waals surface area contributed by atoms with Gasteiger partial charge in [-0.3, -0.25) is 0 Å². The zero-order valence-electron chi connectivity index (χ0n) is 9.51. The zero-order chi connectivity index (χ0) is 12.7. The van der Waals surface area contributed by atoms with Crippen LogP contribution in [0.3, 0.4) is 0 Å². The van der Waals surface area contributed by atoms with Crippen LogP contribution < -0.4 is 0 Å². The molecular formula is C13H12N2O2. The molecule has 0 saturated carbocycles. The van der Waals surface area contributed by atoms with Gasteiger partial charge in [0.1, 0.15) is 0 Å². The lowest BCUT2D eigenvalue weighted by molar-refractivity contribution is -0.140. The number of oxime groups is 1. The Bertz CT molecular complexity index is 481. The van der Waals surface area contributed by atoms with Gasteiger partial charge < -0.3 is 4.84 Å². The standard InChI is InChI=1S/C13H12N2O2/c1-3-4-13(15-17-10(2)16)12-7-5-11(9-14)6-8-12/h3,5-8H,1,4H2,2H3/b15-13+. The number of benzene rings is 1. The molecule has 0 spiro atoms. The average molecular weight is 228 g/mol. The molecule has 4 heteroatoms. The second-order valence-electron chi connectivity index (χ2n) is 3.30. The van der Waals surface area contributed by atoms with E-state index in [-0.39, 0.29) is 0 Å². The molecule has 17 heavy (non-hydrogen) atoms. The number of nitriles is 1. The van der Waals surface area contributed by atoms with E-state index in [1.807, 2.05) is 6.07 Å². The molecule has 1 aromatic carbocycles. The van der Waals surface area contributed by atoms with Crippen molar-refractivity contribution in [2.75, 3.05) is 0 Å². The van der Waals surface area contributed by atoms with E-state index in [0.717, 1.165) is 5.56 Å². The summed E-state index contributed by atoms with van der Waals surface area (Å²) < 4.78 is 0. The number of hydrogen-bond donors (Lipinski definition) is 0. The van der Waals surface area contributed by atoms with Gasteiger partial charge in [-0.05, 0) is 17.7 Å². The Hall–Kier alpha value is -2.41. The van der Waals surface area contributed by atoms with Crippen molar-refractivity contribution in [1.82, 2.24) is 0 Å². The third kappa shape index (κ3) is 3.92. The fraction of sp³-hybridized carbons (Fsp3) is 0.154. The number of allylic oxidation sites excluding steroid dienone is 1. The van der Waals surface area contributed by atoms with Gasteiger partial charge in [-0.25, -0.2) is 4.79 Å². The summed E-state index contributed by atoms with van der Waals surface area (Å²) in [5.41, 5.74) is 1.96. The van der Waals surface area contributed by atoms with E-state index < -0.39 is 5.97 Å². The molecule has 0 aliphatic rings. The Kier molecular flexibility index (Phi) is 4.64. The molecule has 1 rings (SSSR count). The Labute approximate surface area is 99.8 Å². The van der Waals surface area contributed by atoms with Gasteiger partial charge in [0.05, 0.1) is 17.3 Å². The van der Waals surface area contributed by atoms with Gasteiger partial charge in [-0.15, -0.1) is 6.58 Å². The number of hydrogen-bond acceptors (Lipinski definition) is 4. The summed E-state index contributed by atoms with van der Waals surface area (Å²) in [6.07, 6.45) is 2.15. The van der Waals surface area contributed by atoms with E-state index in [1.54, 1.807) is 30.3 Å². The lowest BCUT2D eigenvalue weighted by atomic mass is 10.1. The third-order valence-corrected chi connectivity index (χ3v) is 1.97. The molecule has 0 aromatic heterocycles. The number of nitrogens with zero attached hydrogens (tertiary/aromatic N) is 2. The van der Waals surface area contributed by atoms with E-state index in [4.69, 9.17) is 5.26 Å².